The van der Waals surface area contributed by atoms with Gasteiger partial charge in [0.1, 0.15) is 0 Å². The van der Waals surface area contributed by atoms with Crippen LogP contribution in [0, 0.1) is 5.92 Å². The van der Waals surface area contributed by atoms with Crippen LogP contribution < -0.4 is 0 Å². The molecule has 2 N–H and O–H groups in total. The molecule has 0 bridgehead atoms. The molecule has 0 fully saturated rings. The van der Waals surface area contributed by atoms with Crippen molar-refractivity contribution in [3.05, 3.63) is 0 Å². The molecule has 0 aliphatic heterocycles. The van der Waals surface area contributed by atoms with Crippen LogP contribution in [0.2, 0.25) is 0 Å². The minimum Gasteiger partial charge on any atom is -0.341 e. The molecule has 5 heteroatoms. The fraction of sp³-hybridized carbons (Fsp3) is 1.00. The Morgan fingerprint density at radius 1 is 1.06 bits per heavy atom. The molecule has 106 valence electrons. The summed E-state index contributed by atoms with van der Waals surface area (Å²) in [5.74, 6) is 2.36. The highest BCUT2D eigenvalue weighted by Crippen LogP contribution is 2.47. The Bertz CT molecular complexity index is 241. The third-order valence-electron chi connectivity index (χ3n) is 2.61. The third-order valence-corrected chi connectivity index (χ3v) is 10.3. The molecule has 0 aliphatic carbocycles. The van der Waals surface area contributed by atoms with Gasteiger partial charge in [-0.3, -0.25) is 0 Å². The van der Waals surface area contributed by atoms with Crippen molar-refractivity contribution in [1.29, 1.82) is 0 Å². The van der Waals surface area contributed by atoms with E-state index >= 15 is 0 Å². The van der Waals surface area contributed by atoms with Crippen molar-refractivity contribution in [3.8, 4) is 0 Å². The molecule has 1 atom stereocenters. The maximum Gasteiger partial charge on any atom is 0.198 e. The molecule has 0 aromatic rings. The Balaban J connectivity index is 3.96. The summed E-state index contributed by atoms with van der Waals surface area (Å²) in [4.78, 5) is 19.4. The molecular weight excluding hydrogens is 271 g/mol. The number of unbranched alkanes of at least 4 members (excludes halogenated alkanes) is 5. The maximum absolute atomic E-state index is 9.71. The van der Waals surface area contributed by atoms with Crippen LogP contribution in [0.5, 0.6) is 0 Å². The van der Waals surface area contributed by atoms with E-state index in [0.717, 1.165) is 17.9 Å². The van der Waals surface area contributed by atoms with Crippen molar-refractivity contribution in [2.24, 2.45) is 5.92 Å². The average Bonchev–Trinajstić information content (AvgIpc) is 2.19. The van der Waals surface area contributed by atoms with Gasteiger partial charge in [0.25, 0.3) is 0 Å². The lowest BCUT2D eigenvalue weighted by molar-refractivity contribution is 0.501. The SMILES string of the molecule is CCCCCCCCS(CC(C)C)=P(O)(O)S. The van der Waals surface area contributed by atoms with E-state index in [1.807, 2.05) is 0 Å². The molecule has 0 aliphatic rings. The Morgan fingerprint density at radius 3 is 2.06 bits per heavy atom. The number of rotatable bonds is 9. The summed E-state index contributed by atoms with van der Waals surface area (Å²) in [5.41, 5.74) is -2.92. The van der Waals surface area contributed by atoms with Crippen molar-refractivity contribution in [2.75, 3.05) is 11.5 Å². The topological polar surface area (TPSA) is 40.5 Å². The van der Waals surface area contributed by atoms with Gasteiger partial charge in [-0.05, 0) is 23.8 Å². The smallest absolute Gasteiger partial charge is 0.198 e. The van der Waals surface area contributed by atoms with Gasteiger partial charge in [-0.2, -0.15) is 0 Å². The van der Waals surface area contributed by atoms with Gasteiger partial charge in [-0.25, -0.2) is 0 Å². The second-order valence-corrected chi connectivity index (χ2v) is 13.3. The van der Waals surface area contributed by atoms with Crippen molar-refractivity contribution >= 4 is 28.0 Å². The Kier molecular flexibility index (Phi) is 10.5. The summed E-state index contributed by atoms with van der Waals surface area (Å²) in [5, 5.41) is 0. The summed E-state index contributed by atoms with van der Waals surface area (Å²) < 4.78 is 0. The first-order valence-electron chi connectivity index (χ1n) is 6.63. The van der Waals surface area contributed by atoms with Crippen LogP contribution in [-0.4, -0.2) is 21.3 Å². The van der Waals surface area contributed by atoms with Crippen molar-refractivity contribution in [1.82, 2.24) is 0 Å². The number of hydrogen-bond donors (Lipinski definition) is 3. The summed E-state index contributed by atoms with van der Waals surface area (Å²) in [6.45, 7) is 6.48. The number of hydrogen-bond acceptors (Lipinski definition) is 0. The van der Waals surface area contributed by atoms with E-state index in [0.29, 0.717) is 5.92 Å². The van der Waals surface area contributed by atoms with Crippen LogP contribution in [-0.2, 0) is 10.1 Å². The molecule has 0 saturated carbocycles. The van der Waals surface area contributed by atoms with Gasteiger partial charge >= 0.3 is 0 Å². The lowest BCUT2D eigenvalue weighted by Crippen LogP contribution is -2.09. The summed E-state index contributed by atoms with van der Waals surface area (Å²) in [6, 6.07) is 0. The molecule has 0 aromatic heterocycles. The van der Waals surface area contributed by atoms with Gasteiger partial charge in [0.2, 0.25) is 0 Å². The van der Waals surface area contributed by atoms with Crippen molar-refractivity contribution in [2.45, 2.75) is 59.3 Å². The lowest BCUT2D eigenvalue weighted by Gasteiger charge is -2.18. The molecule has 2 nitrogen and oxygen atoms in total. The molecule has 17 heavy (non-hydrogen) atoms. The largest absolute Gasteiger partial charge is 0.341 e. The standard InChI is InChI=1S/C12H29O2PS2/c1-4-5-6-7-8-9-10-17(11-12(2)3)15(13,14)16/h12-14,16H,4-11H2,1-3H3. The first kappa shape index (κ1) is 18.0. The average molecular weight is 300 g/mol. The van der Waals surface area contributed by atoms with Crippen LogP contribution in [0.15, 0.2) is 0 Å². The van der Waals surface area contributed by atoms with Crippen molar-refractivity contribution in [3.63, 3.8) is 0 Å². The van der Waals surface area contributed by atoms with E-state index in [-0.39, 0.29) is 10.1 Å². The second kappa shape index (κ2) is 9.91. The van der Waals surface area contributed by atoms with E-state index in [4.69, 9.17) is 0 Å². The van der Waals surface area contributed by atoms with Gasteiger partial charge in [-0.15, -0.1) is 10.1 Å². The fourth-order valence-corrected chi connectivity index (χ4v) is 7.61. The van der Waals surface area contributed by atoms with E-state index in [1.165, 1.54) is 32.1 Å². The quantitative estimate of drug-likeness (QED) is 0.339. The van der Waals surface area contributed by atoms with Crippen LogP contribution in [0.25, 0.3) is 0 Å². The van der Waals surface area contributed by atoms with Crippen LogP contribution in [0.4, 0.5) is 0 Å². The van der Waals surface area contributed by atoms with Crippen LogP contribution >= 0.6 is 17.9 Å². The first-order chi connectivity index (χ1) is 7.88. The minimum atomic E-state index is -2.92. The molecule has 0 radical (unpaired) electrons. The van der Waals surface area contributed by atoms with Gasteiger partial charge in [0, 0.05) is 0 Å². The molecule has 0 heterocycles. The molecular formula is C12H29O2PS2. The number of thiol groups is 1. The Hall–Kier alpha value is 1.05. The van der Waals surface area contributed by atoms with E-state index in [2.05, 4.69) is 33.0 Å². The maximum atomic E-state index is 9.71. The highest BCUT2D eigenvalue weighted by atomic mass is 32.9. The van der Waals surface area contributed by atoms with E-state index in [1.54, 1.807) is 0 Å². The van der Waals surface area contributed by atoms with Crippen LogP contribution in [0.3, 0.4) is 0 Å². The first-order valence-corrected chi connectivity index (χ1v) is 11.6. The van der Waals surface area contributed by atoms with Crippen LogP contribution in [0.1, 0.15) is 59.3 Å². The van der Waals surface area contributed by atoms with Gasteiger partial charge in [-0.1, -0.05) is 65.1 Å². The highest BCUT2D eigenvalue weighted by molar-refractivity contribution is 8.65. The monoisotopic (exact) mass is 300 g/mol. The summed E-state index contributed by atoms with van der Waals surface area (Å²) in [7, 11) is -0.293. The second-order valence-electron chi connectivity index (χ2n) is 5.01. The summed E-state index contributed by atoms with van der Waals surface area (Å²) in [6.07, 6.45) is 7.52. The normalized spacial score (nSPS) is 14.3. The van der Waals surface area contributed by atoms with Gasteiger partial charge in [0.05, 0.1) is 0 Å². The minimum absolute atomic E-state index is 0.293. The third kappa shape index (κ3) is 10.6. The summed E-state index contributed by atoms with van der Waals surface area (Å²) >= 11 is 4.02. The Labute approximate surface area is 114 Å². The molecule has 0 amide bonds. The lowest BCUT2D eigenvalue weighted by atomic mass is 10.1. The molecule has 0 spiro atoms. The van der Waals surface area contributed by atoms with Crippen molar-refractivity contribution < 1.29 is 9.79 Å². The van der Waals surface area contributed by atoms with Gasteiger partial charge < -0.3 is 9.79 Å². The zero-order chi connectivity index (χ0) is 13.3. The van der Waals surface area contributed by atoms with E-state index in [9.17, 15) is 9.79 Å². The Morgan fingerprint density at radius 2 is 1.59 bits per heavy atom. The molecule has 1 unspecified atom stereocenters. The molecule has 0 saturated heterocycles. The molecule has 0 rings (SSSR count). The zero-order valence-corrected chi connectivity index (χ0v) is 14.0. The zero-order valence-electron chi connectivity index (χ0n) is 11.4. The highest BCUT2D eigenvalue weighted by Gasteiger charge is 2.12. The fourth-order valence-electron chi connectivity index (χ4n) is 1.74. The predicted molar refractivity (Wildman–Crippen MR) is 85.7 cm³/mol. The van der Waals surface area contributed by atoms with Gasteiger partial charge in [0.15, 0.2) is 5.69 Å². The predicted octanol–water partition coefficient (Wildman–Crippen LogP) is 4.21. The molecule has 0 aromatic carbocycles. The van der Waals surface area contributed by atoms with E-state index < -0.39 is 5.69 Å².